The van der Waals surface area contributed by atoms with Crippen molar-refractivity contribution in [1.29, 1.82) is 0 Å². The van der Waals surface area contributed by atoms with E-state index in [0.717, 1.165) is 35.8 Å². The third-order valence-corrected chi connectivity index (χ3v) is 6.35. The van der Waals surface area contributed by atoms with Crippen molar-refractivity contribution < 1.29 is 0 Å². The maximum Gasteiger partial charge on any atom is 0.0103 e. The zero-order valence-electron chi connectivity index (χ0n) is 10.8. The first-order valence-electron chi connectivity index (χ1n) is 7.83. The summed E-state index contributed by atoms with van der Waals surface area (Å²) in [5, 5.41) is 3.97. The van der Waals surface area contributed by atoms with Crippen LogP contribution >= 0.6 is 0 Å². The van der Waals surface area contributed by atoms with Gasteiger partial charge in [0.15, 0.2) is 0 Å². The third-order valence-electron chi connectivity index (χ3n) is 6.35. The van der Waals surface area contributed by atoms with E-state index in [1.54, 1.807) is 12.8 Å². The molecular formula is C15H26N2. The Morgan fingerprint density at radius 2 is 1.71 bits per heavy atom. The van der Waals surface area contributed by atoms with Crippen molar-refractivity contribution in [3.05, 3.63) is 0 Å². The summed E-state index contributed by atoms with van der Waals surface area (Å²) in [4.78, 5) is 0. The average molecular weight is 234 g/mol. The second kappa shape index (κ2) is 3.96. The summed E-state index contributed by atoms with van der Waals surface area (Å²) in [5.74, 6) is 4.34. The number of fused-ring (bicyclic) bond motifs is 5. The normalized spacial score (nSPS) is 56.6. The molecule has 3 N–H and O–H groups in total. The van der Waals surface area contributed by atoms with Crippen LogP contribution in [-0.4, -0.2) is 18.1 Å². The Morgan fingerprint density at radius 3 is 2.53 bits per heavy atom. The van der Waals surface area contributed by atoms with E-state index in [9.17, 15) is 0 Å². The molecular weight excluding hydrogens is 208 g/mol. The Kier molecular flexibility index (Phi) is 2.52. The van der Waals surface area contributed by atoms with Crippen LogP contribution in [0.25, 0.3) is 0 Å². The highest BCUT2D eigenvalue weighted by molar-refractivity contribution is 5.06. The maximum atomic E-state index is 6.02. The standard InChI is InChI=1S/C15H26N2/c16-10-4-5-11(8-10)17-15-7-9-6-14(15)13-3-1-2-12(9)13/h9-15,17H,1-8,16H2. The molecule has 0 heterocycles. The fraction of sp³-hybridized carbons (Fsp3) is 1.00. The zero-order chi connectivity index (χ0) is 11.4. The molecule has 2 nitrogen and oxygen atoms in total. The van der Waals surface area contributed by atoms with Gasteiger partial charge in [0.1, 0.15) is 0 Å². The molecule has 2 heteroatoms. The summed E-state index contributed by atoms with van der Waals surface area (Å²) in [6, 6.07) is 2.08. The molecule has 0 aromatic rings. The van der Waals surface area contributed by atoms with Gasteiger partial charge in [0.2, 0.25) is 0 Å². The quantitative estimate of drug-likeness (QED) is 0.769. The molecule has 4 saturated carbocycles. The lowest BCUT2D eigenvalue weighted by molar-refractivity contribution is 0.198. The summed E-state index contributed by atoms with van der Waals surface area (Å²) < 4.78 is 0. The predicted molar refractivity (Wildman–Crippen MR) is 69.6 cm³/mol. The minimum absolute atomic E-state index is 0.477. The van der Waals surface area contributed by atoms with Gasteiger partial charge in [0, 0.05) is 18.1 Å². The molecule has 0 amide bonds. The van der Waals surface area contributed by atoms with Gasteiger partial charge in [-0.1, -0.05) is 6.42 Å². The average Bonchev–Trinajstić information content (AvgIpc) is 2.99. The Hall–Kier alpha value is -0.0800. The van der Waals surface area contributed by atoms with Crippen molar-refractivity contribution in [2.45, 2.75) is 69.5 Å². The number of rotatable bonds is 2. The molecule has 7 atom stereocenters. The molecule has 4 rings (SSSR count). The zero-order valence-corrected chi connectivity index (χ0v) is 10.8. The van der Waals surface area contributed by atoms with E-state index in [1.165, 1.54) is 38.5 Å². The van der Waals surface area contributed by atoms with Crippen LogP contribution in [0.3, 0.4) is 0 Å². The van der Waals surface area contributed by atoms with Gasteiger partial charge in [-0.25, -0.2) is 0 Å². The van der Waals surface area contributed by atoms with Crippen molar-refractivity contribution in [3.63, 3.8) is 0 Å². The number of hydrogen-bond acceptors (Lipinski definition) is 2. The van der Waals surface area contributed by atoms with Crippen molar-refractivity contribution in [2.75, 3.05) is 0 Å². The van der Waals surface area contributed by atoms with E-state index < -0.39 is 0 Å². The molecule has 4 aliphatic rings. The second-order valence-corrected chi connectivity index (χ2v) is 7.20. The third kappa shape index (κ3) is 1.67. The molecule has 17 heavy (non-hydrogen) atoms. The minimum Gasteiger partial charge on any atom is -0.328 e. The molecule has 0 spiro atoms. The summed E-state index contributed by atoms with van der Waals surface area (Å²) in [5.41, 5.74) is 6.02. The van der Waals surface area contributed by atoms with E-state index in [2.05, 4.69) is 5.32 Å². The molecule has 0 saturated heterocycles. The summed E-state index contributed by atoms with van der Waals surface area (Å²) >= 11 is 0. The molecule has 96 valence electrons. The highest BCUT2D eigenvalue weighted by atomic mass is 15.0. The van der Waals surface area contributed by atoms with Crippen molar-refractivity contribution in [2.24, 2.45) is 29.4 Å². The molecule has 0 aromatic heterocycles. The van der Waals surface area contributed by atoms with Crippen LogP contribution in [0.15, 0.2) is 0 Å². The van der Waals surface area contributed by atoms with E-state index in [1.807, 2.05) is 0 Å². The van der Waals surface area contributed by atoms with Gasteiger partial charge in [0.05, 0.1) is 0 Å². The Balaban J connectivity index is 1.41. The van der Waals surface area contributed by atoms with Crippen LogP contribution < -0.4 is 11.1 Å². The van der Waals surface area contributed by atoms with Crippen LogP contribution in [0.5, 0.6) is 0 Å². The first-order chi connectivity index (χ1) is 8.31. The lowest BCUT2D eigenvalue weighted by Gasteiger charge is -2.34. The Morgan fingerprint density at radius 1 is 0.824 bits per heavy atom. The van der Waals surface area contributed by atoms with Crippen molar-refractivity contribution >= 4 is 0 Å². The lowest BCUT2D eigenvalue weighted by Crippen LogP contribution is -2.44. The van der Waals surface area contributed by atoms with Gasteiger partial charge in [-0.15, -0.1) is 0 Å². The molecule has 2 bridgehead atoms. The van der Waals surface area contributed by atoms with Crippen LogP contribution in [0.4, 0.5) is 0 Å². The Bertz CT molecular complexity index is 303. The topological polar surface area (TPSA) is 38.0 Å². The molecule has 0 aromatic carbocycles. The van der Waals surface area contributed by atoms with Gasteiger partial charge >= 0.3 is 0 Å². The van der Waals surface area contributed by atoms with Crippen molar-refractivity contribution in [1.82, 2.24) is 5.32 Å². The fourth-order valence-electron chi connectivity index (χ4n) is 5.73. The Labute approximate surface area is 105 Å². The summed E-state index contributed by atoms with van der Waals surface area (Å²) in [6.07, 6.45) is 11.4. The van der Waals surface area contributed by atoms with E-state index in [4.69, 9.17) is 5.73 Å². The van der Waals surface area contributed by atoms with E-state index in [-0.39, 0.29) is 0 Å². The number of nitrogens with two attached hydrogens (primary N) is 1. The van der Waals surface area contributed by atoms with E-state index >= 15 is 0 Å². The van der Waals surface area contributed by atoms with Gasteiger partial charge in [-0.2, -0.15) is 0 Å². The molecule has 4 fully saturated rings. The van der Waals surface area contributed by atoms with Crippen LogP contribution in [0.1, 0.15) is 51.4 Å². The molecule has 4 aliphatic carbocycles. The fourth-order valence-corrected chi connectivity index (χ4v) is 5.73. The van der Waals surface area contributed by atoms with Crippen LogP contribution in [0, 0.1) is 23.7 Å². The lowest BCUT2D eigenvalue weighted by atomic mass is 9.79. The number of nitrogens with one attached hydrogen (secondary N) is 1. The highest BCUT2D eigenvalue weighted by Gasteiger charge is 2.53. The highest BCUT2D eigenvalue weighted by Crippen LogP contribution is 2.58. The summed E-state index contributed by atoms with van der Waals surface area (Å²) in [7, 11) is 0. The van der Waals surface area contributed by atoms with Gasteiger partial charge in [0.25, 0.3) is 0 Å². The molecule has 0 radical (unpaired) electrons. The largest absolute Gasteiger partial charge is 0.328 e. The van der Waals surface area contributed by atoms with Gasteiger partial charge < -0.3 is 11.1 Å². The molecule has 0 aliphatic heterocycles. The van der Waals surface area contributed by atoms with Crippen LogP contribution in [0.2, 0.25) is 0 Å². The monoisotopic (exact) mass is 234 g/mol. The predicted octanol–water partition coefficient (Wildman–Crippen LogP) is 2.28. The van der Waals surface area contributed by atoms with Gasteiger partial charge in [-0.3, -0.25) is 0 Å². The van der Waals surface area contributed by atoms with Crippen molar-refractivity contribution in [3.8, 4) is 0 Å². The maximum absolute atomic E-state index is 6.02. The first kappa shape index (κ1) is 10.8. The minimum atomic E-state index is 0.477. The number of hydrogen-bond donors (Lipinski definition) is 2. The molecule has 7 unspecified atom stereocenters. The van der Waals surface area contributed by atoms with E-state index in [0.29, 0.717) is 6.04 Å². The SMILES string of the molecule is NC1CCC(NC2CC3CC2C2CCCC32)C1. The first-order valence-corrected chi connectivity index (χ1v) is 7.83. The van der Waals surface area contributed by atoms with Crippen LogP contribution in [-0.2, 0) is 0 Å². The van der Waals surface area contributed by atoms with Gasteiger partial charge in [-0.05, 0) is 68.6 Å². The summed E-state index contributed by atoms with van der Waals surface area (Å²) in [6.45, 7) is 0. The second-order valence-electron chi connectivity index (χ2n) is 7.20. The smallest absolute Gasteiger partial charge is 0.0103 e.